The van der Waals surface area contributed by atoms with E-state index in [0.29, 0.717) is 0 Å². The van der Waals surface area contributed by atoms with E-state index in [2.05, 4.69) is 65.7 Å². The van der Waals surface area contributed by atoms with Gasteiger partial charge in [0.15, 0.2) is 5.96 Å². The van der Waals surface area contributed by atoms with Crippen molar-refractivity contribution in [3.63, 3.8) is 0 Å². The molecule has 0 unspecified atom stereocenters. The first-order chi connectivity index (χ1) is 12.7. The number of likely N-dealkylation sites (tertiary alicyclic amines) is 1. The van der Waals surface area contributed by atoms with Crippen LogP contribution in [0.1, 0.15) is 30.9 Å². The maximum atomic E-state index is 4.82. The van der Waals surface area contributed by atoms with Crippen molar-refractivity contribution >= 4 is 29.9 Å². The standard InChI is InChI=1S/C21H31N5.HI/c1-3-22-21(23-11-14-26-17-18(2)16-24-26)25-12-9-20(10-13-25)15-19-7-5-4-6-8-19;/h4-8,16-17,20H,3,9-15H2,1-2H3,(H,22,23);1H. The average Bonchev–Trinajstić information content (AvgIpc) is 3.08. The van der Waals surface area contributed by atoms with Gasteiger partial charge in [0.25, 0.3) is 0 Å². The number of piperidine rings is 1. The lowest BCUT2D eigenvalue weighted by Gasteiger charge is -2.34. The zero-order chi connectivity index (χ0) is 18.2. The van der Waals surface area contributed by atoms with Crippen LogP contribution in [0.5, 0.6) is 0 Å². The average molecular weight is 481 g/mol. The Kier molecular flexibility index (Phi) is 9.10. The first kappa shape index (κ1) is 21.7. The van der Waals surface area contributed by atoms with Crippen LogP contribution in [0.4, 0.5) is 0 Å². The Bertz CT molecular complexity index is 690. The number of halogens is 1. The van der Waals surface area contributed by atoms with Gasteiger partial charge >= 0.3 is 0 Å². The summed E-state index contributed by atoms with van der Waals surface area (Å²) in [6.07, 6.45) is 7.63. The Balaban J connectivity index is 0.00000261. The monoisotopic (exact) mass is 481 g/mol. The molecule has 1 N–H and O–H groups in total. The van der Waals surface area contributed by atoms with Gasteiger partial charge in [-0.1, -0.05) is 30.3 Å². The number of guanidine groups is 1. The van der Waals surface area contributed by atoms with Crippen molar-refractivity contribution in [3.8, 4) is 0 Å². The van der Waals surface area contributed by atoms with Crippen molar-refractivity contribution in [1.29, 1.82) is 0 Å². The number of rotatable bonds is 6. The highest BCUT2D eigenvalue weighted by Gasteiger charge is 2.21. The number of benzene rings is 1. The Hall–Kier alpha value is -1.57. The summed E-state index contributed by atoms with van der Waals surface area (Å²) in [7, 11) is 0. The van der Waals surface area contributed by atoms with Crippen LogP contribution in [0.25, 0.3) is 0 Å². The molecule has 1 fully saturated rings. The maximum absolute atomic E-state index is 4.82. The van der Waals surface area contributed by atoms with Crippen LogP contribution < -0.4 is 5.32 Å². The highest BCUT2D eigenvalue weighted by Crippen LogP contribution is 2.21. The summed E-state index contributed by atoms with van der Waals surface area (Å²) in [6.45, 7) is 8.86. The molecule has 27 heavy (non-hydrogen) atoms. The molecular formula is C21H32IN5. The molecule has 0 radical (unpaired) electrons. The summed E-state index contributed by atoms with van der Waals surface area (Å²) < 4.78 is 1.97. The third-order valence-electron chi connectivity index (χ3n) is 4.97. The quantitative estimate of drug-likeness (QED) is 0.389. The molecule has 6 heteroatoms. The third-order valence-corrected chi connectivity index (χ3v) is 4.97. The van der Waals surface area contributed by atoms with Crippen molar-refractivity contribution in [2.75, 3.05) is 26.2 Å². The first-order valence-corrected chi connectivity index (χ1v) is 9.81. The van der Waals surface area contributed by atoms with Gasteiger partial charge in [-0.25, -0.2) is 0 Å². The zero-order valence-corrected chi connectivity index (χ0v) is 18.8. The van der Waals surface area contributed by atoms with Crippen molar-refractivity contribution in [3.05, 3.63) is 53.9 Å². The van der Waals surface area contributed by atoms with Gasteiger partial charge in [-0.3, -0.25) is 9.67 Å². The van der Waals surface area contributed by atoms with E-state index in [4.69, 9.17) is 4.99 Å². The van der Waals surface area contributed by atoms with Gasteiger partial charge in [-0.05, 0) is 50.2 Å². The van der Waals surface area contributed by atoms with E-state index < -0.39 is 0 Å². The van der Waals surface area contributed by atoms with Crippen molar-refractivity contribution in [2.24, 2.45) is 10.9 Å². The number of hydrogen-bond donors (Lipinski definition) is 1. The molecule has 148 valence electrons. The van der Waals surface area contributed by atoms with Crippen molar-refractivity contribution in [2.45, 2.75) is 39.7 Å². The normalized spacial score (nSPS) is 15.5. The van der Waals surface area contributed by atoms with Gasteiger partial charge in [0.05, 0.1) is 19.3 Å². The van der Waals surface area contributed by atoms with E-state index in [-0.39, 0.29) is 24.0 Å². The van der Waals surface area contributed by atoms with Crippen LogP contribution in [0.2, 0.25) is 0 Å². The predicted molar refractivity (Wildman–Crippen MR) is 123 cm³/mol. The minimum absolute atomic E-state index is 0. The molecule has 1 aromatic carbocycles. The number of aromatic nitrogens is 2. The fourth-order valence-corrected chi connectivity index (χ4v) is 3.57. The fraction of sp³-hybridized carbons (Fsp3) is 0.524. The van der Waals surface area contributed by atoms with Crippen LogP contribution >= 0.6 is 24.0 Å². The van der Waals surface area contributed by atoms with E-state index >= 15 is 0 Å². The van der Waals surface area contributed by atoms with Crippen LogP contribution in [0, 0.1) is 12.8 Å². The van der Waals surface area contributed by atoms with E-state index in [9.17, 15) is 0 Å². The molecule has 0 saturated carbocycles. The molecule has 1 aliphatic heterocycles. The molecule has 0 aliphatic carbocycles. The molecule has 1 aromatic heterocycles. The van der Waals surface area contributed by atoms with E-state index in [1.165, 1.54) is 30.4 Å². The first-order valence-electron chi connectivity index (χ1n) is 9.81. The summed E-state index contributed by atoms with van der Waals surface area (Å²) in [6, 6.07) is 10.9. The molecule has 5 nitrogen and oxygen atoms in total. The van der Waals surface area contributed by atoms with Gasteiger partial charge in [-0.15, -0.1) is 24.0 Å². The highest BCUT2D eigenvalue weighted by atomic mass is 127. The molecule has 2 heterocycles. The van der Waals surface area contributed by atoms with Gasteiger partial charge in [0.2, 0.25) is 0 Å². The van der Waals surface area contributed by atoms with Gasteiger partial charge < -0.3 is 10.2 Å². The Labute approximate surface area is 180 Å². The number of hydrogen-bond acceptors (Lipinski definition) is 2. The summed E-state index contributed by atoms with van der Waals surface area (Å²) in [5, 5.41) is 7.79. The summed E-state index contributed by atoms with van der Waals surface area (Å²) >= 11 is 0. The van der Waals surface area contributed by atoms with Crippen LogP contribution in [-0.4, -0.2) is 46.8 Å². The third kappa shape index (κ3) is 6.83. The minimum Gasteiger partial charge on any atom is -0.357 e. The number of nitrogens with one attached hydrogen (secondary N) is 1. The van der Waals surface area contributed by atoms with Crippen LogP contribution in [0.15, 0.2) is 47.7 Å². The lowest BCUT2D eigenvalue weighted by Crippen LogP contribution is -2.46. The van der Waals surface area contributed by atoms with Crippen molar-refractivity contribution < 1.29 is 0 Å². The number of aryl methyl sites for hydroxylation is 1. The number of aliphatic imine (C=N–C) groups is 1. The molecule has 0 spiro atoms. The summed E-state index contributed by atoms with van der Waals surface area (Å²) in [4.78, 5) is 7.24. The van der Waals surface area contributed by atoms with Crippen LogP contribution in [0.3, 0.4) is 0 Å². The molecule has 0 atom stereocenters. The van der Waals surface area contributed by atoms with Crippen LogP contribution in [-0.2, 0) is 13.0 Å². The largest absolute Gasteiger partial charge is 0.357 e. The number of nitrogens with zero attached hydrogens (tertiary/aromatic N) is 4. The fourth-order valence-electron chi connectivity index (χ4n) is 3.57. The molecular weight excluding hydrogens is 449 g/mol. The minimum atomic E-state index is 0. The van der Waals surface area contributed by atoms with Gasteiger partial charge in [-0.2, -0.15) is 5.10 Å². The smallest absolute Gasteiger partial charge is 0.193 e. The summed E-state index contributed by atoms with van der Waals surface area (Å²) in [5.41, 5.74) is 2.66. The SMILES string of the molecule is CCNC(=NCCn1cc(C)cn1)N1CCC(Cc2ccccc2)CC1.I. The lowest BCUT2D eigenvalue weighted by molar-refractivity contribution is 0.259. The van der Waals surface area contributed by atoms with E-state index in [1.54, 1.807) is 0 Å². The molecule has 3 rings (SSSR count). The zero-order valence-electron chi connectivity index (χ0n) is 16.5. The lowest BCUT2D eigenvalue weighted by atomic mass is 9.90. The second kappa shape index (κ2) is 11.3. The molecule has 1 aliphatic rings. The van der Waals surface area contributed by atoms with Gasteiger partial charge in [0, 0.05) is 25.8 Å². The van der Waals surface area contributed by atoms with E-state index in [0.717, 1.165) is 44.6 Å². The molecule has 0 bridgehead atoms. The second-order valence-electron chi connectivity index (χ2n) is 7.14. The van der Waals surface area contributed by atoms with Crippen molar-refractivity contribution in [1.82, 2.24) is 20.0 Å². The maximum Gasteiger partial charge on any atom is 0.193 e. The van der Waals surface area contributed by atoms with Gasteiger partial charge in [0.1, 0.15) is 0 Å². The Morgan fingerprint density at radius 3 is 2.59 bits per heavy atom. The molecule has 2 aromatic rings. The molecule has 1 saturated heterocycles. The predicted octanol–water partition coefficient (Wildman–Crippen LogP) is 3.73. The Morgan fingerprint density at radius 1 is 1.22 bits per heavy atom. The summed E-state index contributed by atoms with van der Waals surface area (Å²) in [5.74, 6) is 1.83. The topological polar surface area (TPSA) is 45.5 Å². The highest BCUT2D eigenvalue weighted by molar-refractivity contribution is 14.0. The Morgan fingerprint density at radius 2 is 1.96 bits per heavy atom. The second-order valence-corrected chi connectivity index (χ2v) is 7.14. The van der Waals surface area contributed by atoms with E-state index in [1.807, 2.05) is 10.9 Å². The molecule has 0 amide bonds.